The SMILES string of the molecule is CC(=O)C1CC(C(=O)Nc2ccc3oc(=O)ccc3c2)=NN1c1ccccc1. The fraction of sp³-hybridized carbons (Fsp3) is 0.143. The van der Waals surface area contributed by atoms with Crippen LogP contribution < -0.4 is 16.0 Å². The average molecular weight is 375 g/mol. The van der Waals surface area contributed by atoms with Gasteiger partial charge < -0.3 is 9.73 Å². The molecule has 1 aliphatic heterocycles. The molecule has 3 aromatic rings. The highest BCUT2D eigenvalue weighted by Gasteiger charge is 2.34. The van der Waals surface area contributed by atoms with Crippen molar-refractivity contribution in [3.63, 3.8) is 0 Å². The Bertz CT molecular complexity index is 1150. The fourth-order valence-corrected chi connectivity index (χ4v) is 3.14. The molecule has 1 N–H and O–H groups in total. The first-order valence-corrected chi connectivity index (χ1v) is 8.79. The predicted molar refractivity (Wildman–Crippen MR) is 107 cm³/mol. The van der Waals surface area contributed by atoms with Crippen LogP contribution in [0.1, 0.15) is 13.3 Å². The van der Waals surface area contributed by atoms with Gasteiger partial charge >= 0.3 is 5.63 Å². The quantitative estimate of drug-likeness (QED) is 0.708. The van der Waals surface area contributed by atoms with E-state index in [-0.39, 0.29) is 23.8 Å². The smallest absolute Gasteiger partial charge is 0.336 e. The number of amides is 1. The Morgan fingerprint density at radius 2 is 1.89 bits per heavy atom. The van der Waals surface area contributed by atoms with Crippen molar-refractivity contribution in [2.45, 2.75) is 19.4 Å². The summed E-state index contributed by atoms with van der Waals surface area (Å²) in [5.41, 5.74) is 1.60. The van der Waals surface area contributed by atoms with Crippen LogP contribution in [0, 0.1) is 0 Å². The van der Waals surface area contributed by atoms with Crippen molar-refractivity contribution in [3.05, 3.63) is 71.1 Å². The van der Waals surface area contributed by atoms with Crippen molar-refractivity contribution in [3.8, 4) is 0 Å². The van der Waals surface area contributed by atoms with Crippen LogP contribution in [0.4, 0.5) is 11.4 Å². The molecule has 7 nitrogen and oxygen atoms in total. The lowest BCUT2D eigenvalue weighted by molar-refractivity contribution is -0.118. The number of fused-ring (bicyclic) bond motifs is 1. The Balaban J connectivity index is 1.58. The number of benzene rings is 2. The second-order valence-electron chi connectivity index (χ2n) is 6.52. The molecule has 4 rings (SSSR count). The first kappa shape index (κ1) is 17.7. The lowest BCUT2D eigenvalue weighted by Gasteiger charge is -2.20. The second kappa shape index (κ2) is 7.11. The molecule has 2 aromatic carbocycles. The van der Waals surface area contributed by atoms with Crippen LogP contribution in [0.15, 0.2) is 75.0 Å². The minimum atomic E-state index is -0.506. The number of carbonyl (C=O) groups is 2. The summed E-state index contributed by atoms with van der Waals surface area (Å²) in [5.74, 6) is -0.433. The summed E-state index contributed by atoms with van der Waals surface area (Å²) in [4.78, 5) is 36.0. The summed E-state index contributed by atoms with van der Waals surface area (Å²) in [6, 6.07) is 16.7. The van der Waals surface area contributed by atoms with Gasteiger partial charge in [-0.3, -0.25) is 14.6 Å². The number of anilines is 2. The van der Waals surface area contributed by atoms with Gasteiger partial charge in [0.15, 0.2) is 5.78 Å². The molecule has 1 atom stereocenters. The van der Waals surface area contributed by atoms with Gasteiger partial charge in [0.1, 0.15) is 17.3 Å². The Hall–Kier alpha value is -3.74. The lowest BCUT2D eigenvalue weighted by Crippen LogP contribution is -2.33. The van der Waals surface area contributed by atoms with Gasteiger partial charge in [0.2, 0.25) is 0 Å². The van der Waals surface area contributed by atoms with Gasteiger partial charge in [-0.15, -0.1) is 0 Å². The van der Waals surface area contributed by atoms with E-state index in [1.807, 2.05) is 30.3 Å². The van der Waals surface area contributed by atoms with E-state index in [2.05, 4.69) is 10.4 Å². The molecule has 2 heterocycles. The maximum atomic E-state index is 12.7. The number of rotatable bonds is 4. The summed E-state index contributed by atoms with van der Waals surface area (Å²) in [5, 5.41) is 9.47. The molecule has 0 saturated heterocycles. The molecule has 0 radical (unpaired) electrons. The average Bonchev–Trinajstić information content (AvgIpc) is 3.15. The van der Waals surface area contributed by atoms with E-state index >= 15 is 0 Å². The number of nitrogens with one attached hydrogen (secondary N) is 1. The summed E-state index contributed by atoms with van der Waals surface area (Å²) in [6.45, 7) is 1.49. The topological polar surface area (TPSA) is 92.0 Å². The molecule has 1 unspecified atom stereocenters. The highest BCUT2D eigenvalue weighted by atomic mass is 16.4. The zero-order chi connectivity index (χ0) is 19.7. The van der Waals surface area contributed by atoms with Crippen molar-refractivity contribution in [2.24, 2.45) is 5.10 Å². The van der Waals surface area contributed by atoms with Crippen LogP contribution in [0.2, 0.25) is 0 Å². The minimum Gasteiger partial charge on any atom is -0.423 e. The molecule has 0 bridgehead atoms. The van der Waals surface area contributed by atoms with Crippen LogP contribution in [0.5, 0.6) is 0 Å². The van der Waals surface area contributed by atoms with Gasteiger partial charge in [0, 0.05) is 23.6 Å². The maximum Gasteiger partial charge on any atom is 0.336 e. The Kier molecular flexibility index (Phi) is 4.49. The van der Waals surface area contributed by atoms with Crippen LogP contribution in [-0.4, -0.2) is 23.4 Å². The summed E-state index contributed by atoms with van der Waals surface area (Å²) < 4.78 is 5.09. The van der Waals surface area contributed by atoms with Crippen molar-refractivity contribution in [2.75, 3.05) is 10.3 Å². The monoisotopic (exact) mass is 375 g/mol. The fourth-order valence-electron chi connectivity index (χ4n) is 3.14. The molecule has 0 spiro atoms. The molecule has 1 amide bonds. The van der Waals surface area contributed by atoms with Gasteiger partial charge in [-0.25, -0.2) is 4.79 Å². The number of carbonyl (C=O) groups excluding carboxylic acids is 2. The van der Waals surface area contributed by atoms with Gasteiger partial charge in [0.25, 0.3) is 5.91 Å². The zero-order valence-corrected chi connectivity index (χ0v) is 15.1. The van der Waals surface area contributed by atoms with Gasteiger partial charge in [0.05, 0.1) is 5.69 Å². The molecule has 28 heavy (non-hydrogen) atoms. The Morgan fingerprint density at radius 3 is 2.64 bits per heavy atom. The third-order valence-corrected chi connectivity index (χ3v) is 4.54. The third-order valence-electron chi connectivity index (χ3n) is 4.54. The molecule has 7 heteroatoms. The predicted octanol–water partition coefficient (Wildman–Crippen LogP) is 2.96. The van der Waals surface area contributed by atoms with E-state index in [4.69, 9.17) is 4.42 Å². The van der Waals surface area contributed by atoms with Crippen molar-refractivity contribution in [1.29, 1.82) is 0 Å². The van der Waals surface area contributed by atoms with Crippen molar-refractivity contribution >= 4 is 39.7 Å². The van der Waals surface area contributed by atoms with Gasteiger partial charge in [-0.1, -0.05) is 18.2 Å². The van der Waals surface area contributed by atoms with Crippen molar-refractivity contribution < 1.29 is 14.0 Å². The maximum absolute atomic E-state index is 12.7. The van der Waals surface area contributed by atoms with Gasteiger partial charge in [-0.2, -0.15) is 5.10 Å². The molecule has 1 aromatic heterocycles. The number of Topliss-reactive ketones (excluding diaryl/α,β-unsaturated/α-hetero) is 1. The van der Waals surface area contributed by atoms with Crippen LogP contribution in [0.3, 0.4) is 0 Å². The van der Waals surface area contributed by atoms with E-state index in [0.717, 1.165) is 5.69 Å². The minimum absolute atomic E-state index is 0.0591. The Labute approximate surface area is 160 Å². The molecular formula is C21H17N3O4. The molecular weight excluding hydrogens is 358 g/mol. The van der Waals surface area contributed by atoms with Crippen LogP contribution in [0.25, 0.3) is 11.0 Å². The standard InChI is InChI=1S/C21H17N3O4/c1-13(25)18-12-17(23-24(18)16-5-3-2-4-6-16)21(27)22-15-8-9-19-14(11-15)7-10-20(26)28-19/h2-11,18H,12H2,1H3,(H,22,27). The molecule has 1 aliphatic rings. The Morgan fingerprint density at radius 1 is 1.11 bits per heavy atom. The first-order chi connectivity index (χ1) is 13.5. The number of para-hydroxylation sites is 1. The largest absolute Gasteiger partial charge is 0.423 e. The highest BCUT2D eigenvalue weighted by Crippen LogP contribution is 2.25. The van der Waals surface area contributed by atoms with E-state index < -0.39 is 11.7 Å². The lowest BCUT2D eigenvalue weighted by atomic mass is 10.1. The van der Waals surface area contributed by atoms with Crippen LogP contribution >= 0.6 is 0 Å². The number of hydrogen-bond donors (Lipinski definition) is 1. The zero-order valence-electron chi connectivity index (χ0n) is 15.1. The first-order valence-electron chi connectivity index (χ1n) is 8.79. The van der Waals surface area contributed by atoms with E-state index in [0.29, 0.717) is 16.7 Å². The van der Waals surface area contributed by atoms with E-state index in [9.17, 15) is 14.4 Å². The van der Waals surface area contributed by atoms with Crippen molar-refractivity contribution in [1.82, 2.24) is 0 Å². The second-order valence-corrected chi connectivity index (χ2v) is 6.52. The number of hydrazone groups is 1. The number of ketones is 1. The van der Waals surface area contributed by atoms with Gasteiger partial charge in [-0.05, 0) is 43.3 Å². The van der Waals surface area contributed by atoms with E-state index in [1.165, 1.54) is 13.0 Å². The highest BCUT2D eigenvalue weighted by molar-refractivity contribution is 6.44. The molecule has 0 fully saturated rings. The number of nitrogens with zero attached hydrogens (tertiary/aromatic N) is 2. The summed E-state index contributed by atoms with van der Waals surface area (Å²) in [7, 11) is 0. The summed E-state index contributed by atoms with van der Waals surface area (Å²) >= 11 is 0. The normalized spacial score (nSPS) is 16.1. The molecule has 140 valence electrons. The number of hydrogen-bond acceptors (Lipinski definition) is 6. The molecule has 0 saturated carbocycles. The summed E-state index contributed by atoms with van der Waals surface area (Å²) in [6.07, 6.45) is 0.235. The van der Waals surface area contributed by atoms with Crippen LogP contribution in [-0.2, 0) is 9.59 Å². The third kappa shape index (κ3) is 3.42. The molecule has 0 aliphatic carbocycles. The van der Waals surface area contributed by atoms with E-state index in [1.54, 1.807) is 29.3 Å².